The number of hydrogen-bond acceptors (Lipinski definition) is 3. The third-order valence-electron chi connectivity index (χ3n) is 3.78. The van der Waals surface area contributed by atoms with Crippen LogP contribution in [0.1, 0.15) is 38.4 Å². The average Bonchev–Trinajstić information content (AvgIpc) is 3.17. The van der Waals surface area contributed by atoms with Crippen molar-refractivity contribution >= 4 is 17.3 Å². The normalized spacial score (nSPS) is 21.1. The van der Waals surface area contributed by atoms with Gasteiger partial charge in [0.15, 0.2) is 6.10 Å². The van der Waals surface area contributed by atoms with Gasteiger partial charge < -0.3 is 15.3 Å². The zero-order valence-electron chi connectivity index (χ0n) is 11.7. The molecule has 1 unspecified atom stereocenters. The van der Waals surface area contributed by atoms with E-state index in [1.807, 2.05) is 0 Å². The van der Waals surface area contributed by atoms with E-state index in [1.165, 1.54) is 6.07 Å². The highest BCUT2D eigenvalue weighted by Crippen LogP contribution is 2.39. The monoisotopic (exact) mass is 278 g/mol. The van der Waals surface area contributed by atoms with E-state index in [-0.39, 0.29) is 5.82 Å². The van der Waals surface area contributed by atoms with E-state index in [9.17, 15) is 14.3 Å². The van der Waals surface area contributed by atoms with E-state index in [0.717, 1.165) is 19.4 Å². The van der Waals surface area contributed by atoms with E-state index in [4.69, 9.17) is 0 Å². The average molecular weight is 278 g/mol. The van der Waals surface area contributed by atoms with Crippen LogP contribution in [-0.4, -0.2) is 23.6 Å². The number of nitrogens with one attached hydrogen (secondary N) is 1. The summed E-state index contributed by atoms with van der Waals surface area (Å²) in [5.41, 5.74) is 1.37. The van der Waals surface area contributed by atoms with Crippen molar-refractivity contribution in [3.8, 4) is 0 Å². The van der Waals surface area contributed by atoms with Gasteiger partial charge in [-0.1, -0.05) is 13.8 Å². The van der Waals surface area contributed by atoms with Gasteiger partial charge in [-0.2, -0.15) is 0 Å². The molecular formula is C15H19FN2O2. The van der Waals surface area contributed by atoms with E-state index >= 15 is 0 Å². The Labute approximate surface area is 117 Å². The Morgan fingerprint density at radius 3 is 2.75 bits per heavy atom. The largest absolute Gasteiger partial charge is 0.378 e. The van der Waals surface area contributed by atoms with Crippen molar-refractivity contribution in [3.05, 3.63) is 23.5 Å². The number of hydrogen-bond donors (Lipinski definition) is 2. The predicted octanol–water partition coefficient (Wildman–Crippen LogP) is 2.44. The van der Waals surface area contributed by atoms with Crippen molar-refractivity contribution in [1.82, 2.24) is 0 Å². The molecule has 1 fully saturated rings. The summed E-state index contributed by atoms with van der Waals surface area (Å²) in [6.45, 7) is 5.00. The zero-order valence-corrected chi connectivity index (χ0v) is 11.7. The lowest BCUT2D eigenvalue weighted by atomic mass is 10.1. The van der Waals surface area contributed by atoms with Crippen molar-refractivity contribution in [1.29, 1.82) is 0 Å². The lowest BCUT2D eigenvalue weighted by Crippen LogP contribution is -2.30. The van der Waals surface area contributed by atoms with Gasteiger partial charge in [-0.25, -0.2) is 4.39 Å². The number of carbonyl (C=O) groups is 1. The van der Waals surface area contributed by atoms with Crippen LogP contribution in [0.4, 0.5) is 15.8 Å². The Morgan fingerprint density at radius 1 is 1.45 bits per heavy atom. The first-order valence-corrected chi connectivity index (χ1v) is 7.06. The highest BCUT2D eigenvalue weighted by Gasteiger charge is 2.34. The number of carbonyl (C=O) groups excluding carboxylic acids is 1. The highest BCUT2D eigenvalue weighted by molar-refractivity contribution is 6.02. The molecule has 1 heterocycles. The van der Waals surface area contributed by atoms with Crippen LogP contribution in [0, 0.1) is 11.7 Å². The van der Waals surface area contributed by atoms with Crippen LogP contribution in [0.15, 0.2) is 12.1 Å². The minimum atomic E-state index is -1.26. The van der Waals surface area contributed by atoms with E-state index in [2.05, 4.69) is 24.1 Å². The summed E-state index contributed by atoms with van der Waals surface area (Å²) < 4.78 is 14.3. The summed E-state index contributed by atoms with van der Waals surface area (Å²) in [5.74, 6) is -0.423. The molecule has 4 nitrogen and oxygen atoms in total. The molecule has 1 aliphatic heterocycles. The number of rotatable bonds is 4. The fraction of sp³-hybridized carbons (Fsp3) is 0.533. The van der Waals surface area contributed by atoms with Crippen LogP contribution in [0.5, 0.6) is 0 Å². The van der Waals surface area contributed by atoms with Gasteiger partial charge in [-0.3, -0.25) is 4.79 Å². The number of aliphatic hydroxyl groups excluding tert-OH is 1. The van der Waals surface area contributed by atoms with Crippen molar-refractivity contribution in [3.63, 3.8) is 0 Å². The minimum absolute atomic E-state index is 0.330. The number of fused-ring (bicyclic) bond motifs is 1. The van der Waals surface area contributed by atoms with Crippen molar-refractivity contribution < 1.29 is 14.3 Å². The molecule has 0 spiro atoms. The molecular weight excluding hydrogens is 259 g/mol. The third-order valence-corrected chi connectivity index (χ3v) is 3.78. The topological polar surface area (TPSA) is 52.6 Å². The number of aliphatic hydroxyl groups is 1. The van der Waals surface area contributed by atoms with E-state index in [0.29, 0.717) is 28.9 Å². The molecule has 5 heteroatoms. The highest BCUT2D eigenvalue weighted by atomic mass is 19.1. The summed E-state index contributed by atoms with van der Waals surface area (Å²) >= 11 is 0. The Bertz CT molecular complexity index is 555. The third kappa shape index (κ3) is 2.26. The van der Waals surface area contributed by atoms with Crippen LogP contribution in [0.25, 0.3) is 0 Å². The first kappa shape index (κ1) is 13.4. The molecule has 0 radical (unpaired) electrons. The van der Waals surface area contributed by atoms with Gasteiger partial charge in [0, 0.05) is 23.8 Å². The Kier molecular flexibility index (Phi) is 3.17. The van der Waals surface area contributed by atoms with Gasteiger partial charge in [0.25, 0.3) is 5.91 Å². The number of amides is 1. The lowest BCUT2D eigenvalue weighted by Gasteiger charge is -2.27. The number of anilines is 2. The second kappa shape index (κ2) is 4.74. The van der Waals surface area contributed by atoms with Crippen molar-refractivity contribution in [2.24, 2.45) is 5.92 Å². The Balaban J connectivity index is 1.97. The molecule has 20 heavy (non-hydrogen) atoms. The molecule has 0 aromatic heterocycles. The molecule has 1 amide bonds. The maximum absolute atomic E-state index is 14.3. The lowest BCUT2D eigenvalue weighted by molar-refractivity contribution is -0.123. The SMILES string of the molecule is CC(C)CN(c1cc2c(cc1F)C(O)C(=O)N2)C1CC1. The first-order chi connectivity index (χ1) is 9.47. The maximum Gasteiger partial charge on any atom is 0.257 e. The fourth-order valence-electron chi connectivity index (χ4n) is 2.70. The number of benzene rings is 1. The molecule has 1 aliphatic carbocycles. The smallest absolute Gasteiger partial charge is 0.257 e. The molecule has 3 rings (SSSR count). The molecule has 1 atom stereocenters. The molecule has 0 bridgehead atoms. The van der Waals surface area contributed by atoms with Gasteiger partial charge in [0.05, 0.1) is 5.69 Å². The number of halogens is 1. The van der Waals surface area contributed by atoms with Gasteiger partial charge >= 0.3 is 0 Å². The summed E-state index contributed by atoms with van der Waals surface area (Å²) in [7, 11) is 0. The summed E-state index contributed by atoms with van der Waals surface area (Å²) in [4.78, 5) is 13.5. The van der Waals surface area contributed by atoms with E-state index in [1.54, 1.807) is 6.07 Å². The molecule has 1 aromatic rings. The van der Waals surface area contributed by atoms with Crippen LogP contribution in [0.2, 0.25) is 0 Å². The minimum Gasteiger partial charge on any atom is -0.378 e. The Hall–Kier alpha value is -1.62. The molecule has 0 saturated heterocycles. The molecule has 1 aromatic carbocycles. The second-order valence-electron chi connectivity index (χ2n) is 6.06. The number of nitrogens with zero attached hydrogens (tertiary/aromatic N) is 1. The molecule has 2 aliphatic rings. The zero-order chi connectivity index (χ0) is 14.4. The van der Waals surface area contributed by atoms with Crippen molar-refractivity contribution in [2.45, 2.75) is 38.8 Å². The Morgan fingerprint density at radius 2 is 2.15 bits per heavy atom. The predicted molar refractivity (Wildman–Crippen MR) is 75.2 cm³/mol. The van der Waals surface area contributed by atoms with Crippen molar-refractivity contribution in [2.75, 3.05) is 16.8 Å². The summed E-state index contributed by atoms with van der Waals surface area (Å²) in [5, 5.41) is 12.3. The first-order valence-electron chi connectivity index (χ1n) is 7.06. The van der Waals surface area contributed by atoms with E-state index < -0.39 is 12.0 Å². The molecule has 108 valence electrons. The quantitative estimate of drug-likeness (QED) is 0.889. The summed E-state index contributed by atoms with van der Waals surface area (Å²) in [6, 6.07) is 3.33. The second-order valence-corrected chi connectivity index (χ2v) is 6.06. The fourth-order valence-corrected chi connectivity index (χ4v) is 2.70. The molecule has 1 saturated carbocycles. The van der Waals surface area contributed by atoms with Gasteiger partial charge in [-0.15, -0.1) is 0 Å². The van der Waals surface area contributed by atoms with Gasteiger partial charge in [-0.05, 0) is 30.9 Å². The maximum atomic E-state index is 14.3. The van der Waals surface area contributed by atoms with Crippen LogP contribution >= 0.6 is 0 Å². The van der Waals surface area contributed by atoms with Gasteiger partial charge in [0.1, 0.15) is 5.82 Å². The van der Waals surface area contributed by atoms with Crippen LogP contribution in [0.3, 0.4) is 0 Å². The summed E-state index contributed by atoms with van der Waals surface area (Å²) in [6.07, 6.45) is 0.907. The molecule has 2 N–H and O–H groups in total. The van der Waals surface area contributed by atoms with Crippen LogP contribution < -0.4 is 10.2 Å². The standard InChI is InChI=1S/C15H19FN2O2/c1-8(2)7-18(9-3-4-9)13-6-12-10(5-11(13)16)14(19)15(20)17-12/h5-6,8-9,14,19H,3-4,7H2,1-2H3,(H,17,20). The van der Waals surface area contributed by atoms with Crippen LogP contribution in [-0.2, 0) is 4.79 Å². The van der Waals surface area contributed by atoms with Gasteiger partial charge in [0.2, 0.25) is 0 Å².